The van der Waals surface area contributed by atoms with E-state index in [-0.39, 0.29) is 11.6 Å². The van der Waals surface area contributed by atoms with Crippen molar-refractivity contribution in [2.45, 2.75) is 20.3 Å². The molecule has 0 saturated carbocycles. The van der Waals surface area contributed by atoms with Crippen LogP contribution in [-0.4, -0.2) is 43.5 Å². The van der Waals surface area contributed by atoms with Crippen molar-refractivity contribution in [3.05, 3.63) is 59.4 Å². The Kier molecular flexibility index (Phi) is 5.89. The lowest BCUT2D eigenvalue weighted by molar-refractivity contribution is -0.116. The predicted octanol–water partition coefficient (Wildman–Crippen LogP) is 3.59. The van der Waals surface area contributed by atoms with E-state index in [1.54, 1.807) is 18.2 Å². The van der Waals surface area contributed by atoms with E-state index in [1.165, 1.54) is 22.9 Å². The van der Waals surface area contributed by atoms with Crippen molar-refractivity contribution in [3.8, 4) is 0 Å². The minimum atomic E-state index is -0.400. The zero-order valence-electron chi connectivity index (χ0n) is 15.5. The van der Waals surface area contributed by atoms with Crippen LogP contribution in [0.5, 0.6) is 0 Å². The van der Waals surface area contributed by atoms with Gasteiger partial charge in [-0.3, -0.25) is 9.69 Å². The highest BCUT2D eigenvalue weighted by Crippen LogP contribution is 2.23. The Bertz CT molecular complexity index is 770. The molecule has 1 amide bonds. The van der Waals surface area contributed by atoms with Gasteiger partial charge in [0.2, 0.25) is 5.91 Å². The number of halogens is 1. The molecule has 0 aliphatic carbocycles. The van der Waals surface area contributed by atoms with Gasteiger partial charge in [0.1, 0.15) is 5.82 Å². The molecule has 26 heavy (non-hydrogen) atoms. The number of carbonyl (C=O) groups is 1. The minimum Gasteiger partial charge on any atom is -0.369 e. The summed E-state index contributed by atoms with van der Waals surface area (Å²) in [7, 11) is 0. The first kappa shape index (κ1) is 18.4. The first-order chi connectivity index (χ1) is 12.5. The Morgan fingerprint density at radius 1 is 1.04 bits per heavy atom. The standard InChI is InChI=1S/C21H26FN3O/c1-16-6-5-9-20(17(16)2)25-14-12-24(13-15-25)11-10-21(26)23-19-8-4-3-7-18(19)22/h3-9H,10-15H2,1-2H3,(H,23,26). The molecule has 0 bridgehead atoms. The van der Waals surface area contributed by atoms with Crippen LogP contribution in [0.3, 0.4) is 0 Å². The summed E-state index contributed by atoms with van der Waals surface area (Å²) in [5, 5.41) is 2.65. The van der Waals surface area contributed by atoms with Gasteiger partial charge in [-0.05, 0) is 43.2 Å². The summed E-state index contributed by atoms with van der Waals surface area (Å²) < 4.78 is 13.6. The van der Waals surface area contributed by atoms with Gasteiger partial charge >= 0.3 is 0 Å². The summed E-state index contributed by atoms with van der Waals surface area (Å²) in [6.07, 6.45) is 0.373. The number of para-hydroxylation sites is 1. The summed E-state index contributed by atoms with van der Waals surface area (Å²) in [6.45, 7) is 8.79. The van der Waals surface area contributed by atoms with Crippen molar-refractivity contribution in [1.82, 2.24) is 4.90 Å². The number of nitrogens with zero attached hydrogens (tertiary/aromatic N) is 2. The Morgan fingerprint density at radius 3 is 2.50 bits per heavy atom. The van der Waals surface area contributed by atoms with Crippen molar-refractivity contribution in [3.63, 3.8) is 0 Å². The largest absolute Gasteiger partial charge is 0.369 e. The number of nitrogens with one attached hydrogen (secondary N) is 1. The molecule has 1 fully saturated rings. The quantitative estimate of drug-likeness (QED) is 0.890. The minimum absolute atomic E-state index is 0.146. The summed E-state index contributed by atoms with van der Waals surface area (Å²) >= 11 is 0. The topological polar surface area (TPSA) is 35.6 Å². The smallest absolute Gasteiger partial charge is 0.225 e. The van der Waals surface area contributed by atoms with Crippen molar-refractivity contribution in [1.29, 1.82) is 0 Å². The van der Waals surface area contributed by atoms with E-state index in [0.29, 0.717) is 13.0 Å². The second-order valence-electron chi connectivity index (χ2n) is 6.83. The fraction of sp³-hybridized carbons (Fsp3) is 0.381. The third-order valence-electron chi connectivity index (χ3n) is 5.09. The highest BCUT2D eigenvalue weighted by atomic mass is 19.1. The number of benzene rings is 2. The number of hydrogen-bond acceptors (Lipinski definition) is 3. The number of hydrogen-bond donors (Lipinski definition) is 1. The number of piperazine rings is 1. The predicted molar refractivity (Wildman–Crippen MR) is 104 cm³/mol. The molecule has 4 nitrogen and oxygen atoms in total. The maximum absolute atomic E-state index is 13.6. The second-order valence-corrected chi connectivity index (χ2v) is 6.83. The molecule has 0 aromatic heterocycles. The Balaban J connectivity index is 1.46. The third-order valence-corrected chi connectivity index (χ3v) is 5.09. The number of aryl methyl sites for hydroxylation is 1. The SMILES string of the molecule is Cc1cccc(N2CCN(CCC(=O)Nc3ccccc3F)CC2)c1C. The lowest BCUT2D eigenvalue weighted by atomic mass is 10.1. The van der Waals surface area contributed by atoms with E-state index >= 15 is 0 Å². The van der Waals surface area contributed by atoms with Crippen LogP contribution in [0.15, 0.2) is 42.5 Å². The van der Waals surface area contributed by atoms with Crippen LogP contribution < -0.4 is 10.2 Å². The molecule has 1 saturated heterocycles. The molecule has 2 aromatic carbocycles. The summed E-state index contributed by atoms with van der Waals surface area (Å²) in [6, 6.07) is 12.7. The maximum atomic E-state index is 13.6. The van der Waals surface area contributed by atoms with Crippen LogP contribution in [0.1, 0.15) is 17.5 Å². The molecule has 1 aliphatic rings. The van der Waals surface area contributed by atoms with E-state index in [4.69, 9.17) is 0 Å². The van der Waals surface area contributed by atoms with Gasteiger partial charge in [-0.1, -0.05) is 24.3 Å². The third kappa shape index (κ3) is 4.41. The molecule has 0 radical (unpaired) electrons. The molecule has 2 aromatic rings. The van der Waals surface area contributed by atoms with E-state index in [9.17, 15) is 9.18 Å². The van der Waals surface area contributed by atoms with Gasteiger partial charge in [0, 0.05) is 44.8 Å². The number of carbonyl (C=O) groups excluding carboxylic acids is 1. The average Bonchev–Trinajstić information content (AvgIpc) is 2.65. The fourth-order valence-electron chi connectivity index (χ4n) is 3.33. The monoisotopic (exact) mass is 355 g/mol. The van der Waals surface area contributed by atoms with Gasteiger partial charge in [0.05, 0.1) is 5.69 Å². The molecule has 1 heterocycles. The number of anilines is 2. The zero-order valence-corrected chi connectivity index (χ0v) is 15.5. The Labute approximate surface area is 154 Å². The molecule has 1 N–H and O–H groups in total. The molecule has 5 heteroatoms. The van der Waals surface area contributed by atoms with Gasteiger partial charge < -0.3 is 10.2 Å². The molecular weight excluding hydrogens is 329 g/mol. The normalized spacial score (nSPS) is 15.1. The van der Waals surface area contributed by atoms with Crippen LogP contribution in [0.25, 0.3) is 0 Å². The molecule has 0 unspecified atom stereocenters. The van der Waals surface area contributed by atoms with Crippen molar-refractivity contribution in [2.24, 2.45) is 0 Å². The van der Waals surface area contributed by atoms with Gasteiger partial charge in [-0.25, -0.2) is 4.39 Å². The highest BCUT2D eigenvalue weighted by molar-refractivity contribution is 5.90. The summed E-state index contributed by atoms with van der Waals surface area (Å²) in [5.41, 5.74) is 4.21. The first-order valence-electron chi connectivity index (χ1n) is 9.12. The van der Waals surface area contributed by atoms with Crippen LogP contribution in [-0.2, 0) is 4.79 Å². The Hall–Kier alpha value is -2.40. The summed E-state index contributed by atoms with van der Waals surface area (Å²) in [4.78, 5) is 16.8. The molecular formula is C21H26FN3O. The van der Waals surface area contributed by atoms with Crippen LogP contribution in [0.2, 0.25) is 0 Å². The van der Waals surface area contributed by atoms with E-state index in [2.05, 4.69) is 47.2 Å². The lowest BCUT2D eigenvalue weighted by Gasteiger charge is -2.37. The average molecular weight is 355 g/mol. The molecule has 0 spiro atoms. The van der Waals surface area contributed by atoms with Crippen molar-refractivity contribution in [2.75, 3.05) is 42.9 Å². The van der Waals surface area contributed by atoms with Gasteiger partial charge in [-0.2, -0.15) is 0 Å². The summed E-state index contributed by atoms with van der Waals surface area (Å²) in [5.74, 6) is -0.546. The van der Waals surface area contributed by atoms with Crippen LogP contribution in [0, 0.1) is 19.7 Å². The number of rotatable bonds is 5. The zero-order chi connectivity index (χ0) is 18.5. The van der Waals surface area contributed by atoms with Gasteiger partial charge in [-0.15, -0.1) is 0 Å². The van der Waals surface area contributed by atoms with Crippen molar-refractivity contribution < 1.29 is 9.18 Å². The van der Waals surface area contributed by atoms with E-state index in [0.717, 1.165) is 26.2 Å². The first-order valence-corrected chi connectivity index (χ1v) is 9.12. The fourth-order valence-corrected chi connectivity index (χ4v) is 3.33. The molecule has 1 aliphatic heterocycles. The molecule has 0 atom stereocenters. The molecule has 138 valence electrons. The van der Waals surface area contributed by atoms with Crippen LogP contribution in [0.4, 0.5) is 15.8 Å². The van der Waals surface area contributed by atoms with Crippen LogP contribution >= 0.6 is 0 Å². The lowest BCUT2D eigenvalue weighted by Crippen LogP contribution is -2.47. The Morgan fingerprint density at radius 2 is 1.77 bits per heavy atom. The number of amides is 1. The van der Waals surface area contributed by atoms with Gasteiger partial charge in [0.15, 0.2) is 0 Å². The maximum Gasteiger partial charge on any atom is 0.225 e. The van der Waals surface area contributed by atoms with Crippen molar-refractivity contribution >= 4 is 17.3 Å². The second kappa shape index (κ2) is 8.32. The van der Waals surface area contributed by atoms with Gasteiger partial charge in [0.25, 0.3) is 0 Å². The van der Waals surface area contributed by atoms with E-state index < -0.39 is 5.82 Å². The highest BCUT2D eigenvalue weighted by Gasteiger charge is 2.19. The van der Waals surface area contributed by atoms with E-state index in [1.807, 2.05) is 0 Å². The molecule has 3 rings (SSSR count).